The Kier molecular flexibility index (Phi) is 7.13. The maximum Gasteiger partial charge on any atom is 0.236 e. The van der Waals surface area contributed by atoms with Gasteiger partial charge < -0.3 is 15.0 Å². The lowest BCUT2D eigenvalue weighted by atomic mass is 9.95. The van der Waals surface area contributed by atoms with Crippen molar-refractivity contribution in [3.63, 3.8) is 0 Å². The normalized spacial score (nSPS) is 17.6. The summed E-state index contributed by atoms with van der Waals surface area (Å²) in [5, 5.41) is 4.17. The Hall–Kier alpha value is -2.88. The predicted octanol–water partition coefficient (Wildman–Crippen LogP) is 3.69. The molecule has 1 N–H and O–H groups in total. The number of amides is 1. The highest BCUT2D eigenvalue weighted by molar-refractivity contribution is 7.18. The molecule has 0 radical (unpaired) electrons. The number of aryl methyl sites for hydroxylation is 1. The number of morpholine rings is 1. The van der Waals surface area contributed by atoms with E-state index in [9.17, 15) is 4.79 Å². The van der Waals surface area contributed by atoms with Crippen LogP contribution in [-0.2, 0) is 9.53 Å². The van der Waals surface area contributed by atoms with E-state index in [0.29, 0.717) is 19.8 Å². The summed E-state index contributed by atoms with van der Waals surface area (Å²) in [6.07, 6.45) is 3.65. The van der Waals surface area contributed by atoms with Crippen LogP contribution >= 0.6 is 11.3 Å². The number of hydrogen-bond acceptors (Lipinski definition) is 8. The van der Waals surface area contributed by atoms with Gasteiger partial charge in [0.2, 0.25) is 5.91 Å². The van der Waals surface area contributed by atoms with Gasteiger partial charge in [-0.25, -0.2) is 15.0 Å². The number of carbonyl (C=O) groups is 1. The van der Waals surface area contributed by atoms with Crippen LogP contribution in [0.1, 0.15) is 30.3 Å². The van der Waals surface area contributed by atoms with Gasteiger partial charge in [-0.3, -0.25) is 9.69 Å². The number of likely N-dealkylation sites (tertiary alicyclic amines) is 1. The van der Waals surface area contributed by atoms with Crippen LogP contribution in [0.2, 0.25) is 0 Å². The molecular formula is C25H30N6O2S. The third kappa shape index (κ3) is 5.60. The van der Waals surface area contributed by atoms with Crippen molar-refractivity contribution in [3.05, 3.63) is 54.1 Å². The molecule has 2 aliphatic heterocycles. The number of ether oxygens (including phenoxy) is 1. The number of nitrogens with one attached hydrogen (secondary N) is 1. The molecule has 5 rings (SSSR count). The van der Waals surface area contributed by atoms with Gasteiger partial charge >= 0.3 is 0 Å². The van der Waals surface area contributed by atoms with Crippen molar-refractivity contribution in [1.29, 1.82) is 0 Å². The summed E-state index contributed by atoms with van der Waals surface area (Å²) in [5.41, 5.74) is 2.08. The molecular weight excluding hydrogens is 448 g/mol. The van der Waals surface area contributed by atoms with Crippen LogP contribution in [0.5, 0.6) is 0 Å². The van der Waals surface area contributed by atoms with Gasteiger partial charge in [-0.1, -0.05) is 41.7 Å². The molecule has 0 bridgehead atoms. The van der Waals surface area contributed by atoms with E-state index in [1.807, 2.05) is 42.3 Å². The monoisotopic (exact) mass is 478 g/mol. The number of thiazole rings is 1. The summed E-state index contributed by atoms with van der Waals surface area (Å²) in [4.78, 5) is 32.1. The number of nitrogens with zero attached hydrogens (tertiary/aromatic N) is 5. The summed E-state index contributed by atoms with van der Waals surface area (Å²) in [6.45, 7) is 7.08. The maximum atomic E-state index is 12.7. The van der Waals surface area contributed by atoms with Gasteiger partial charge in [0.1, 0.15) is 11.6 Å². The minimum atomic E-state index is 0.214. The first-order valence-electron chi connectivity index (χ1n) is 11.9. The van der Waals surface area contributed by atoms with Crippen molar-refractivity contribution in [1.82, 2.24) is 24.8 Å². The van der Waals surface area contributed by atoms with E-state index in [0.717, 1.165) is 71.9 Å². The molecule has 2 fully saturated rings. The second-order valence-corrected chi connectivity index (χ2v) is 9.85. The molecule has 0 atom stereocenters. The minimum Gasteiger partial charge on any atom is -0.379 e. The average molecular weight is 479 g/mol. The van der Waals surface area contributed by atoms with Crippen LogP contribution in [0.3, 0.4) is 0 Å². The van der Waals surface area contributed by atoms with Gasteiger partial charge in [0.25, 0.3) is 0 Å². The van der Waals surface area contributed by atoms with Crippen molar-refractivity contribution in [2.24, 2.45) is 0 Å². The number of rotatable bonds is 6. The van der Waals surface area contributed by atoms with Crippen LogP contribution < -0.4 is 5.32 Å². The van der Waals surface area contributed by atoms with Crippen LogP contribution in [0.4, 0.5) is 10.9 Å². The van der Waals surface area contributed by atoms with Crippen LogP contribution in [0, 0.1) is 6.92 Å². The zero-order chi connectivity index (χ0) is 23.3. The molecule has 0 saturated carbocycles. The second kappa shape index (κ2) is 10.6. The summed E-state index contributed by atoms with van der Waals surface area (Å²) in [7, 11) is 0. The number of carbonyl (C=O) groups excluding carboxylic acids is 1. The van der Waals surface area contributed by atoms with Gasteiger partial charge in [-0.15, -0.1) is 0 Å². The smallest absolute Gasteiger partial charge is 0.236 e. The predicted molar refractivity (Wildman–Crippen MR) is 133 cm³/mol. The summed E-state index contributed by atoms with van der Waals surface area (Å²) >= 11 is 1.61. The molecule has 2 saturated heterocycles. The number of hydrogen-bond donors (Lipinski definition) is 1. The van der Waals surface area contributed by atoms with E-state index in [1.54, 1.807) is 11.3 Å². The SMILES string of the molecule is Cc1cc(Nc2ncc(-c3ccccc3)s2)nc(C2CCN(C(=O)CN3CCOCC3)CC2)n1. The van der Waals surface area contributed by atoms with Crippen molar-refractivity contribution in [2.45, 2.75) is 25.7 Å². The first-order valence-corrected chi connectivity index (χ1v) is 12.7. The van der Waals surface area contributed by atoms with Crippen molar-refractivity contribution >= 4 is 28.2 Å². The van der Waals surface area contributed by atoms with E-state index < -0.39 is 0 Å². The standard InChI is InChI=1S/C25H30N6O2S/c1-18-15-22(29-25-26-16-21(34-25)19-5-3-2-4-6-19)28-24(27-18)20-7-9-31(10-8-20)23(32)17-30-11-13-33-14-12-30/h2-6,15-16,20H,7-14,17H2,1H3,(H,26,27,28,29). The van der Waals surface area contributed by atoms with Crippen LogP contribution in [0.15, 0.2) is 42.6 Å². The highest BCUT2D eigenvalue weighted by Crippen LogP contribution is 2.31. The van der Waals surface area contributed by atoms with E-state index in [1.165, 1.54) is 0 Å². The summed E-state index contributed by atoms with van der Waals surface area (Å²) in [6, 6.07) is 12.2. The van der Waals surface area contributed by atoms with Gasteiger partial charge in [-0.05, 0) is 25.3 Å². The van der Waals surface area contributed by atoms with Gasteiger partial charge in [0.15, 0.2) is 5.13 Å². The molecule has 2 aliphatic rings. The fourth-order valence-corrected chi connectivity index (χ4v) is 5.28. The fraction of sp³-hybridized carbons (Fsp3) is 0.440. The van der Waals surface area contributed by atoms with E-state index >= 15 is 0 Å². The van der Waals surface area contributed by atoms with Gasteiger partial charge in [-0.2, -0.15) is 0 Å². The van der Waals surface area contributed by atoms with Gasteiger partial charge in [0.05, 0.1) is 24.6 Å². The summed E-state index contributed by atoms with van der Waals surface area (Å²) < 4.78 is 5.38. The van der Waals surface area contributed by atoms with Gasteiger partial charge in [0, 0.05) is 50.1 Å². The molecule has 3 aromatic rings. The van der Waals surface area contributed by atoms with Crippen LogP contribution in [-0.4, -0.2) is 76.6 Å². The Labute approximate surface area is 204 Å². The lowest BCUT2D eigenvalue weighted by molar-refractivity contribution is -0.134. The molecule has 8 nitrogen and oxygen atoms in total. The Morgan fingerprint density at radius 1 is 1.12 bits per heavy atom. The minimum absolute atomic E-state index is 0.214. The Balaban J connectivity index is 1.20. The lowest BCUT2D eigenvalue weighted by Crippen LogP contribution is -2.46. The Morgan fingerprint density at radius 3 is 2.65 bits per heavy atom. The van der Waals surface area contributed by atoms with Crippen LogP contribution in [0.25, 0.3) is 10.4 Å². The third-order valence-corrected chi connectivity index (χ3v) is 7.31. The molecule has 0 aliphatic carbocycles. The fourth-order valence-electron chi connectivity index (χ4n) is 4.45. The molecule has 34 heavy (non-hydrogen) atoms. The molecule has 178 valence electrons. The molecule has 0 spiro atoms. The molecule has 1 aromatic carbocycles. The molecule has 2 aromatic heterocycles. The second-order valence-electron chi connectivity index (χ2n) is 8.82. The largest absolute Gasteiger partial charge is 0.379 e. The van der Waals surface area contributed by atoms with Crippen molar-refractivity contribution in [3.8, 4) is 10.4 Å². The first kappa shape index (κ1) is 22.9. The first-order chi connectivity index (χ1) is 16.6. The van der Waals surface area contributed by atoms with E-state index in [2.05, 4.69) is 27.3 Å². The topological polar surface area (TPSA) is 83.5 Å². The lowest BCUT2D eigenvalue weighted by Gasteiger charge is -2.34. The number of anilines is 2. The Morgan fingerprint density at radius 2 is 1.88 bits per heavy atom. The highest BCUT2D eigenvalue weighted by Gasteiger charge is 2.27. The average Bonchev–Trinajstić information content (AvgIpc) is 3.33. The van der Waals surface area contributed by atoms with E-state index in [-0.39, 0.29) is 11.8 Å². The zero-order valence-corrected chi connectivity index (χ0v) is 20.3. The molecule has 0 unspecified atom stereocenters. The quantitative estimate of drug-likeness (QED) is 0.578. The molecule has 9 heteroatoms. The highest BCUT2D eigenvalue weighted by atomic mass is 32.1. The third-order valence-electron chi connectivity index (χ3n) is 6.35. The number of aromatic nitrogens is 3. The Bertz CT molecular complexity index is 1110. The number of piperidine rings is 1. The molecule has 4 heterocycles. The zero-order valence-electron chi connectivity index (χ0n) is 19.4. The van der Waals surface area contributed by atoms with Crippen molar-refractivity contribution in [2.75, 3.05) is 51.3 Å². The molecule has 1 amide bonds. The summed E-state index contributed by atoms with van der Waals surface area (Å²) in [5.74, 6) is 2.08. The van der Waals surface area contributed by atoms with Crippen molar-refractivity contribution < 1.29 is 9.53 Å². The van der Waals surface area contributed by atoms with E-state index in [4.69, 9.17) is 14.7 Å². The number of benzene rings is 1. The maximum absolute atomic E-state index is 12.7.